The summed E-state index contributed by atoms with van der Waals surface area (Å²) in [6, 6.07) is 6.50. The van der Waals surface area contributed by atoms with Crippen molar-refractivity contribution < 1.29 is 4.79 Å². The number of nitrogens with two attached hydrogens (primary N) is 1. The molecular formula is C17H26N2OS. The smallest absolute Gasteiger partial charge is 0.223 e. The van der Waals surface area contributed by atoms with Crippen molar-refractivity contribution in [2.75, 3.05) is 25.4 Å². The van der Waals surface area contributed by atoms with Crippen LogP contribution < -0.4 is 5.73 Å². The third kappa shape index (κ3) is 4.75. The fourth-order valence-electron chi connectivity index (χ4n) is 2.64. The number of rotatable bonds is 5. The molecule has 1 saturated heterocycles. The molecule has 1 amide bonds. The van der Waals surface area contributed by atoms with E-state index < -0.39 is 0 Å². The first kappa shape index (κ1) is 16.4. The lowest BCUT2D eigenvalue weighted by molar-refractivity contribution is -0.132. The van der Waals surface area contributed by atoms with E-state index in [0.717, 1.165) is 38.2 Å². The molecule has 116 valence electrons. The van der Waals surface area contributed by atoms with Crippen LogP contribution in [0.3, 0.4) is 0 Å². The summed E-state index contributed by atoms with van der Waals surface area (Å²) in [5.41, 5.74) is 8.32. The Balaban J connectivity index is 1.73. The van der Waals surface area contributed by atoms with E-state index in [4.69, 9.17) is 5.73 Å². The van der Waals surface area contributed by atoms with Gasteiger partial charge in [0.05, 0.1) is 0 Å². The van der Waals surface area contributed by atoms with E-state index in [0.29, 0.717) is 18.2 Å². The van der Waals surface area contributed by atoms with Gasteiger partial charge in [0, 0.05) is 30.2 Å². The second-order valence-corrected chi connectivity index (χ2v) is 7.07. The van der Waals surface area contributed by atoms with E-state index in [1.165, 1.54) is 16.0 Å². The molecule has 0 unspecified atom stereocenters. The molecule has 1 aromatic rings. The number of aryl methyl sites for hydroxylation is 2. The maximum atomic E-state index is 12.2. The minimum Gasteiger partial charge on any atom is -0.343 e. The molecule has 0 spiro atoms. The molecule has 0 atom stereocenters. The Morgan fingerprint density at radius 1 is 1.29 bits per heavy atom. The minimum atomic E-state index is 0.293. The zero-order valence-electron chi connectivity index (χ0n) is 13.1. The number of amides is 1. The van der Waals surface area contributed by atoms with E-state index in [1.807, 2.05) is 4.90 Å². The van der Waals surface area contributed by atoms with Gasteiger partial charge in [-0.2, -0.15) is 0 Å². The van der Waals surface area contributed by atoms with Crippen LogP contribution in [0.4, 0.5) is 0 Å². The van der Waals surface area contributed by atoms with Crippen molar-refractivity contribution in [1.82, 2.24) is 4.90 Å². The largest absolute Gasteiger partial charge is 0.343 e. The molecule has 2 rings (SSSR count). The Hall–Kier alpha value is -1.00. The minimum absolute atomic E-state index is 0.293. The number of benzene rings is 1. The van der Waals surface area contributed by atoms with E-state index in [9.17, 15) is 4.79 Å². The number of carbonyl (C=O) groups excluding carboxylic acids is 1. The summed E-state index contributed by atoms with van der Waals surface area (Å²) in [5, 5.41) is 0. The van der Waals surface area contributed by atoms with Gasteiger partial charge >= 0.3 is 0 Å². The van der Waals surface area contributed by atoms with Gasteiger partial charge in [0.1, 0.15) is 0 Å². The summed E-state index contributed by atoms with van der Waals surface area (Å²) in [4.78, 5) is 15.4. The summed E-state index contributed by atoms with van der Waals surface area (Å²) in [5.74, 6) is 1.76. The second-order valence-electron chi connectivity index (χ2n) is 5.90. The number of nitrogens with zero attached hydrogens (tertiary/aromatic N) is 1. The van der Waals surface area contributed by atoms with Crippen LogP contribution in [0.2, 0.25) is 0 Å². The zero-order chi connectivity index (χ0) is 15.2. The van der Waals surface area contributed by atoms with E-state index in [-0.39, 0.29) is 0 Å². The number of hydrogen-bond donors (Lipinski definition) is 1. The molecule has 0 saturated carbocycles. The Morgan fingerprint density at radius 2 is 2.00 bits per heavy atom. The molecule has 2 N–H and O–H groups in total. The lowest BCUT2D eigenvalue weighted by Crippen LogP contribution is -2.40. The summed E-state index contributed by atoms with van der Waals surface area (Å²) >= 11 is 1.77. The predicted molar refractivity (Wildman–Crippen MR) is 89.6 cm³/mol. The van der Waals surface area contributed by atoms with Gasteiger partial charge in [-0.3, -0.25) is 4.79 Å². The van der Waals surface area contributed by atoms with Gasteiger partial charge in [0.2, 0.25) is 5.91 Å². The Kier molecular flexibility index (Phi) is 6.12. The van der Waals surface area contributed by atoms with Crippen LogP contribution in [0.5, 0.6) is 0 Å². The van der Waals surface area contributed by atoms with Gasteiger partial charge in [0.15, 0.2) is 0 Å². The molecule has 1 aliphatic heterocycles. The summed E-state index contributed by atoms with van der Waals surface area (Å²) in [6.45, 7) is 6.78. The van der Waals surface area contributed by atoms with Gasteiger partial charge in [-0.1, -0.05) is 6.07 Å². The van der Waals surface area contributed by atoms with Gasteiger partial charge in [-0.05, 0) is 62.4 Å². The molecule has 0 radical (unpaired) electrons. The molecule has 1 fully saturated rings. The normalized spacial score (nSPS) is 16.2. The van der Waals surface area contributed by atoms with Gasteiger partial charge in [-0.25, -0.2) is 0 Å². The summed E-state index contributed by atoms with van der Waals surface area (Å²) in [7, 11) is 0. The van der Waals surface area contributed by atoms with E-state index >= 15 is 0 Å². The van der Waals surface area contributed by atoms with Crippen LogP contribution in [0.15, 0.2) is 23.1 Å². The maximum Gasteiger partial charge on any atom is 0.223 e. The molecule has 1 heterocycles. The standard InChI is InChI=1S/C17H26N2OS/c1-13-3-4-16(11-14(13)2)21-10-7-17(20)19-8-5-15(12-18)6-9-19/h3-4,11,15H,5-10,12,18H2,1-2H3. The van der Waals surface area contributed by atoms with Crippen molar-refractivity contribution in [2.45, 2.75) is 38.0 Å². The van der Waals surface area contributed by atoms with E-state index in [1.54, 1.807) is 11.8 Å². The Morgan fingerprint density at radius 3 is 2.62 bits per heavy atom. The number of likely N-dealkylation sites (tertiary alicyclic amines) is 1. The van der Waals surface area contributed by atoms with Gasteiger partial charge < -0.3 is 10.6 Å². The Bertz CT molecular complexity index is 482. The third-order valence-electron chi connectivity index (χ3n) is 4.36. The third-order valence-corrected chi connectivity index (χ3v) is 5.36. The highest BCUT2D eigenvalue weighted by Gasteiger charge is 2.21. The lowest BCUT2D eigenvalue weighted by atomic mass is 9.97. The Labute approximate surface area is 132 Å². The molecule has 0 bridgehead atoms. The molecule has 4 heteroatoms. The van der Waals surface area contributed by atoms with Gasteiger partial charge in [0.25, 0.3) is 0 Å². The fraction of sp³-hybridized carbons (Fsp3) is 0.588. The molecule has 0 aliphatic carbocycles. The molecule has 1 aromatic carbocycles. The van der Waals surface area contributed by atoms with Crippen molar-refractivity contribution in [2.24, 2.45) is 11.7 Å². The van der Waals surface area contributed by atoms with Gasteiger partial charge in [-0.15, -0.1) is 11.8 Å². The quantitative estimate of drug-likeness (QED) is 0.851. The van der Waals surface area contributed by atoms with Crippen molar-refractivity contribution >= 4 is 17.7 Å². The first-order valence-corrected chi connectivity index (χ1v) is 8.76. The highest BCUT2D eigenvalue weighted by Crippen LogP contribution is 2.23. The average Bonchev–Trinajstić information content (AvgIpc) is 2.51. The first-order valence-electron chi connectivity index (χ1n) is 7.78. The van der Waals surface area contributed by atoms with Crippen LogP contribution in [0.1, 0.15) is 30.4 Å². The lowest BCUT2D eigenvalue weighted by Gasteiger charge is -2.31. The fourth-order valence-corrected chi connectivity index (χ4v) is 3.57. The van der Waals surface area contributed by atoms with Crippen LogP contribution >= 0.6 is 11.8 Å². The highest BCUT2D eigenvalue weighted by atomic mass is 32.2. The summed E-state index contributed by atoms with van der Waals surface area (Å²) in [6.07, 6.45) is 2.75. The van der Waals surface area contributed by atoms with Crippen LogP contribution in [-0.4, -0.2) is 36.2 Å². The molecule has 3 nitrogen and oxygen atoms in total. The van der Waals surface area contributed by atoms with Crippen molar-refractivity contribution in [3.8, 4) is 0 Å². The monoisotopic (exact) mass is 306 g/mol. The van der Waals surface area contributed by atoms with E-state index in [2.05, 4.69) is 32.0 Å². The van der Waals surface area contributed by atoms with Crippen LogP contribution in [0, 0.1) is 19.8 Å². The molecule has 1 aliphatic rings. The zero-order valence-corrected chi connectivity index (χ0v) is 13.9. The van der Waals surface area contributed by atoms with Crippen molar-refractivity contribution in [3.05, 3.63) is 29.3 Å². The number of hydrogen-bond acceptors (Lipinski definition) is 3. The number of thioether (sulfide) groups is 1. The van der Waals surface area contributed by atoms with Crippen molar-refractivity contribution in [1.29, 1.82) is 0 Å². The number of carbonyl (C=O) groups is 1. The molecule has 21 heavy (non-hydrogen) atoms. The van der Waals surface area contributed by atoms with Crippen molar-refractivity contribution in [3.63, 3.8) is 0 Å². The SMILES string of the molecule is Cc1ccc(SCCC(=O)N2CCC(CN)CC2)cc1C. The number of piperidine rings is 1. The van der Waals surface area contributed by atoms with Crippen LogP contribution in [-0.2, 0) is 4.79 Å². The van der Waals surface area contributed by atoms with Crippen LogP contribution in [0.25, 0.3) is 0 Å². The summed E-state index contributed by atoms with van der Waals surface area (Å²) < 4.78 is 0. The average molecular weight is 306 g/mol. The second kappa shape index (κ2) is 7.85. The maximum absolute atomic E-state index is 12.2. The topological polar surface area (TPSA) is 46.3 Å². The molecular weight excluding hydrogens is 280 g/mol. The first-order chi connectivity index (χ1) is 10.1. The molecule has 0 aromatic heterocycles. The highest BCUT2D eigenvalue weighted by molar-refractivity contribution is 7.99. The predicted octanol–water partition coefficient (Wildman–Crippen LogP) is 2.98.